The Morgan fingerprint density at radius 3 is 2.45 bits per heavy atom. The quantitative estimate of drug-likeness (QED) is 0.887. The molecule has 1 amide bonds. The molecular formula is C16H20ClN3O2. The molecule has 0 saturated carbocycles. The zero-order valence-electron chi connectivity index (χ0n) is 12.6. The molecule has 118 valence electrons. The number of nitrogens with one attached hydrogen (secondary N) is 1. The maximum Gasteiger partial charge on any atom is 0.257 e. The normalized spacial score (nSPS) is 9.77. The molecule has 0 unspecified atom stereocenters. The second-order valence-electron chi connectivity index (χ2n) is 4.70. The van der Waals surface area contributed by atoms with Crippen LogP contribution in [0.4, 0.5) is 5.69 Å². The molecule has 0 bridgehead atoms. The number of carbonyl (C=O) groups is 1. The first-order chi connectivity index (χ1) is 10.1. The molecule has 1 heterocycles. The molecule has 1 aromatic heterocycles. The van der Waals surface area contributed by atoms with Crippen molar-refractivity contribution in [1.82, 2.24) is 4.98 Å². The van der Waals surface area contributed by atoms with Crippen molar-refractivity contribution in [1.29, 1.82) is 0 Å². The predicted octanol–water partition coefficient (Wildman–Crippen LogP) is 2.71. The molecule has 0 radical (unpaired) electrons. The lowest BCUT2D eigenvalue weighted by Crippen LogP contribution is -2.14. The first kappa shape index (κ1) is 17.9. The van der Waals surface area contributed by atoms with Gasteiger partial charge in [0.05, 0.1) is 11.3 Å². The van der Waals surface area contributed by atoms with E-state index in [4.69, 9.17) is 10.5 Å². The van der Waals surface area contributed by atoms with Crippen molar-refractivity contribution in [3.05, 3.63) is 53.3 Å². The first-order valence-corrected chi connectivity index (χ1v) is 6.78. The number of hydrogen-bond acceptors (Lipinski definition) is 4. The van der Waals surface area contributed by atoms with E-state index in [9.17, 15) is 4.79 Å². The fourth-order valence-electron chi connectivity index (χ4n) is 1.94. The van der Waals surface area contributed by atoms with E-state index >= 15 is 0 Å². The summed E-state index contributed by atoms with van der Waals surface area (Å²) in [6.07, 6.45) is 0. The summed E-state index contributed by atoms with van der Waals surface area (Å²) in [5.74, 6) is 0.558. The number of carbonyl (C=O) groups excluding carboxylic acids is 1. The van der Waals surface area contributed by atoms with Gasteiger partial charge in [-0.25, -0.2) is 0 Å². The van der Waals surface area contributed by atoms with Gasteiger partial charge in [0.15, 0.2) is 0 Å². The number of aromatic nitrogens is 1. The maximum absolute atomic E-state index is 12.2. The van der Waals surface area contributed by atoms with Crippen LogP contribution in [0.15, 0.2) is 36.4 Å². The lowest BCUT2D eigenvalue weighted by Gasteiger charge is -2.09. The van der Waals surface area contributed by atoms with Gasteiger partial charge in [-0.1, -0.05) is 0 Å². The van der Waals surface area contributed by atoms with Crippen LogP contribution in [0.3, 0.4) is 0 Å². The molecule has 2 rings (SSSR count). The Morgan fingerprint density at radius 1 is 1.18 bits per heavy atom. The van der Waals surface area contributed by atoms with E-state index in [-0.39, 0.29) is 18.3 Å². The van der Waals surface area contributed by atoms with E-state index in [1.165, 1.54) is 0 Å². The Labute approximate surface area is 136 Å². The number of halogens is 1. The monoisotopic (exact) mass is 321 g/mol. The minimum absolute atomic E-state index is 0. The molecule has 0 aliphatic carbocycles. The molecule has 22 heavy (non-hydrogen) atoms. The summed E-state index contributed by atoms with van der Waals surface area (Å²) in [7, 11) is 0. The number of rotatable bonds is 5. The van der Waals surface area contributed by atoms with E-state index in [1.54, 1.807) is 30.3 Å². The molecule has 1 aromatic carbocycles. The number of anilines is 1. The number of ether oxygens (including phenoxy) is 1. The van der Waals surface area contributed by atoms with Gasteiger partial charge in [0.1, 0.15) is 12.4 Å². The number of nitrogens with two attached hydrogens (primary N) is 1. The number of aryl methyl sites for hydroxylation is 2. The minimum Gasteiger partial charge on any atom is -0.492 e. The summed E-state index contributed by atoms with van der Waals surface area (Å²) in [5.41, 5.74) is 8.27. The number of hydrogen-bond donors (Lipinski definition) is 2. The molecule has 5 nitrogen and oxygen atoms in total. The van der Waals surface area contributed by atoms with Crippen molar-refractivity contribution in [3.8, 4) is 5.75 Å². The molecule has 0 aliphatic heterocycles. The van der Waals surface area contributed by atoms with Gasteiger partial charge < -0.3 is 15.8 Å². The topological polar surface area (TPSA) is 77.2 Å². The fraction of sp³-hybridized carbons (Fsp3) is 0.250. The highest BCUT2D eigenvalue weighted by molar-refractivity contribution is 6.05. The summed E-state index contributed by atoms with van der Waals surface area (Å²) in [4.78, 5) is 16.5. The van der Waals surface area contributed by atoms with E-state index in [1.807, 2.05) is 19.9 Å². The third kappa shape index (κ3) is 4.72. The highest BCUT2D eigenvalue weighted by Crippen LogP contribution is 2.17. The standard InChI is InChI=1S/C16H19N3O2.ClH/c1-11-3-8-15(12(2)18-11)16(20)19-13-4-6-14(7-5-13)21-10-9-17;/h3-8H,9-10,17H2,1-2H3,(H,19,20);1H. The minimum atomic E-state index is -0.171. The van der Waals surface area contributed by atoms with Crippen molar-refractivity contribution in [3.63, 3.8) is 0 Å². The van der Waals surface area contributed by atoms with Crippen molar-refractivity contribution < 1.29 is 9.53 Å². The number of pyridine rings is 1. The average molecular weight is 322 g/mol. The lowest BCUT2D eigenvalue weighted by molar-refractivity contribution is 0.102. The van der Waals surface area contributed by atoms with Gasteiger partial charge in [-0.15, -0.1) is 12.4 Å². The van der Waals surface area contributed by atoms with Crippen molar-refractivity contribution in [2.75, 3.05) is 18.5 Å². The van der Waals surface area contributed by atoms with Crippen LogP contribution in [-0.4, -0.2) is 24.0 Å². The van der Waals surface area contributed by atoms with Crippen molar-refractivity contribution in [2.24, 2.45) is 5.73 Å². The zero-order valence-corrected chi connectivity index (χ0v) is 13.4. The van der Waals surface area contributed by atoms with Crippen LogP contribution >= 0.6 is 12.4 Å². The highest BCUT2D eigenvalue weighted by Gasteiger charge is 2.10. The van der Waals surface area contributed by atoms with Gasteiger partial charge in [0.2, 0.25) is 0 Å². The van der Waals surface area contributed by atoms with Crippen LogP contribution in [0, 0.1) is 13.8 Å². The second kappa shape index (κ2) is 8.36. The molecule has 0 fully saturated rings. The van der Waals surface area contributed by atoms with E-state index in [0.29, 0.717) is 24.4 Å². The highest BCUT2D eigenvalue weighted by atomic mass is 35.5. The smallest absolute Gasteiger partial charge is 0.257 e. The van der Waals surface area contributed by atoms with Crippen molar-refractivity contribution >= 4 is 24.0 Å². The third-order valence-electron chi connectivity index (χ3n) is 2.97. The summed E-state index contributed by atoms with van der Waals surface area (Å²) >= 11 is 0. The van der Waals surface area contributed by atoms with Gasteiger partial charge >= 0.3 is 0 Å². The SMILES string of the molecule is Cc1ccc(C(=O)Nc2ccc(OCCN)cc2)c(C)n1.Cl. The molecule has 0 atom stereocenters. The summed E-state index contributed by atoms with van der Waals surface area (Å²) < 4.78 is 5.38. The average Bonchev–Trinajstić information content (AvgIpc) is 2.46. The van der Waals surface area contributed by atoms with Crippen LogP contribution in [0.1, 0.15) is 21.7 Å². The maximum atomic E-state index is 12.2. The van der Waals surface area contributed by atoms with Gasteiger partial charge in [-0.05, 0) is 50.2 Å². The molecular weight excluding hydrogens is 302 g/mol. The lowest BCUT2D eigenvalue weighted by atomic mass is 10.1. The van der Waals surface area contributed by atoms with Crippen LogP contribution in [0.25, 0.3) is 0 Å². The Kier molecular flexibility index (Phi) is 6.82. The van der Waals surface area contributed by atoms with Gasteiger partial charge in [-0.2, -0.15) is 0 Å². The summed E-state index contributed by atoms with van der Waals surface area (Å²) in [5, 5.41) is 2.84. The Morgan fingerprint density at radius 2 is 1.86 bits per heavy atom. The summed E-state index contributed by atoms with van der Waals surface area (Å²) in [6, 6.07) is 10.8. The zero-order chi connectivity index (χ0) is 15.2. The molecule has 0 saturated heterocycles. The van der Waals surface area contributed by atoms with Crippen LogP contribution < -0.4 is 15.8 Å². The number of amides is 1. The van der Waals surface area contributed by atoms with Gasteiger partial charge in [-0.3, -0.25) is 9.78 Å². The Bertz CT molecular complexity index is 630. The van der Waals surface area contributed by atoms with Crippen LogP contribution in [0.2, 0.25) is 0 Å². The van der Waals surface area contributed by atoms with E-state index in [2.05, 4.69) is 10.3 Å². The molecule has 0 spiro atoms. The van der Waals surface area contributed by atoms with Gasteiger partial charge in [0.25, 0.3) is 5.91 Å². The second-order valence-corrected chi connectivity index (χ2v) is 4.70. The van der Waals surface area contributed by atoms with Crippen molar-refractivity contribution in [2.45, 2.75) is 13.8 Å². The Balaban J connectivity index is 0.00000242. The van der Waals surface area contributed by atoms with Crippen LogP contribution in [-0.2, 0) is 0 Å². The summed E-state index contributed by atoms with van der Waals surface area (Å²) in [6.45, 7) is 4.67. The number of benzene rings is 1. The van der Waals surface area contributed by atoms with Gasteiger partial charge in [0, 0.05) is 17.9 Å². The molecule has 2 aromatic rings. The predicted molar refractivity (Wildman–Crippen MR) is 89.9 cm³/mol. The number of nitrogens with zero attached hydrogens (tertiary/aromatic N) is 1. The molecule has 0 aliphatic rings. The Hall–Kier alpha value is -2.11. The van der Waals surface area contributed by atoms with Crippen LogP contribution in [0.5, 0.6) is 5.75 Å². The fourth-order valence-corrected chi connectivity index (χ4v) is 1.94. The third-order valence-corrected chi connectivity index (χ3v) is 2.97. The van der Waals surface area contributed by atoms with E-state index in [0.717, 1.165) is 17.1 Å². The van der Waals surface area contributed by atoms with E-state index < -0.39 is 0 Å². The molecule has 6 heteroatoms. The molecule has 3 N–H and O–H groups in total. The first-order valence-electron chi connectivity index (χ1n) is 6.78. The largest absolute Gasteiger partial charge is 0.492 e.